The molecule has 0 unspecified atom stereocenters. The molecule has 1 rings (SSSR count). The van der Waals surface area contributed by atoms with E-state index in [4.69, 9.17) is 25.3 Å². The van der Waals surface area contributed by atoms with Crippen LogP contribution in [0.15, 0.2) is 23.1 Å². The second-order valence-electron chi connectivity index (χ2n) is 3.95. The van der Waals surface area contributed by atoms with E-state index < -0.39 is 15.0 Å². The zero-order chi connectivity index (χ0) is 15.2. The Bertz CT molecular complexity index is 569. The summed E-state index contributed by atoms with van der Waals surface area (Å²) in [4.78, 5) is 10.8. The van der Waals surface area contributed by atoms with Crippen molar-refractivity contribution in [1.82, 2.24) is 0 Å². The van der Waals surface area contributed by atoms with E-state index in [1.165, 1.54) is 12.1 Å². The lowest BCUT2D eigenvalue weighted by Crippen LogP contribution is -2.06. The van der Waals surface area contributed by atoms with Crippen LogP contribution in [0.5, 0.6) is 5.75 Å². The fourth-order valence-corrected chi connectivity index (χ4v) is 2.26. The number of rotatable bonds is 8. The number of halogens is 1. The molecule has 0 aliphatic rings. The van der Waals surface area contributed by atoms with E-state index in [2.05, 4.69) is 0 Å². The van der Waals surface area contributed by atoms with E-state index in [0.717, 1.165) is 12.5 Å². The van der Waals surface area contributed by atoms with Gasteiger partial charge in [-0.15, -0.1) is 0 Å². The van der Waals surface area contributed by atoms with E-state index in [1.807, 2.05) is 0 Å². The zero-order valence-corrected chi connectivity index (χ0v) is 12.4. The molecule has 0 saturated heterocycles. The summed E-state index contributed by atoms with van der Waals surface area (Å²) in [5.74, 6) is -1.17. The topological polar surface area (TPSA) is 89.9 Å². The molecule has 1 aromatic carbocycles. The maximum atomic E-state index is 11.2. The van der Waals surface area contributed by atoms with Gasteiger partial charge in [0.25, 0.3) is 9.05 Å². The monoisotopic (exact) mass is 322 g/mol. The third-order valence-corrected chi connectivity index (χ3v) is 3.81. The van der Waals surface area contributed by atoms with Gasteiger partial charge in [0.15, 0.2) is 0 Å². The van der Waals surface area contributed by atoms with Crippen LogP contribution in [0.25, 0.3) is 0 Å². The Kier molecular flexibility index (Phi) is 6.25. The molecule has 112 valence electrons. The Balaban J connectivity index is 2.83. The average molecular weight is 323 g/mol. The number of methoxy groups -OCH3 is 1. The summed E-state index contributed by atoms with van der Waals surface area (Å²) in [6, 6.07) is 3.48. The normalized spacial score (nSPS) is 11.3. The Morgan fingerprint density at radius 3 is 2.50 bits per heavy atom. The Morgan fingerprint density at radius 1 is 1.30 bits per heavy atom. The van der Waals surface area contributed by atoms with Crippen LogP contribution in [-0.4, -0.2) is 39.8 Å². The number of unbranched alkanes of at least 4 members (excludes halogenated alkanes) is 1. The molecule has 0 aromatic heterocycles. The molecule has 0 amide bonds. The third-order valence-electron chi connectivity index (χ3n) is 2.46. The standard InChI is InChI=1S/C12H15ClO6S/c1-18-6-2-3-7-19-11-5-4-9(20(13,16)17)8-10(11)12(14)15/h4-5,8H,2-3,6-7H2,1H3,(H,14,15). The second-order valence-corrected chi connectivity index (χ2v) is 6.52. The highest BCUT2D eigenvalue weighted by Crippen LogP contribution is 2.25. The van der Waals surface area contributed by atoms with E-state index in [-0.39, 0.29) is 16.2 Å². The number of hydrogen-bond donors (Lipinski definition) is 1. The van der Waals surface area contributed by atoms with Gasteiger partial charge in [-0.1, -0.05) is 0 Å². The van der Waals surface area contributed by atoms with Crippen molar-refractivity contribution in [2.45, 2.75) is 17.7 Å². The molecular formula is C12H15ClO6S. The minimum atomic E-state index is -3.97. The van der Waals surface area contributed by atoms with Crippen molar-refractivity contribution < 1.29 is 27.8 Å². The Hall–Kier alpha value is -1.31. The molecule has 0 aliphatic carbocycles. The lowest BCUT2D eigenvalue weighted by molar-refractivity contribution is 0.0691. The van der Waals surface area contributed by atoms with Crippen LogP contribution in [-0.2, 0) is 13.8 Å². The summed E-state index contributed by atoms with van der Waals surface area (Å²) in [6.45, 7) is 0.912. The lowest BCUT2D eigenvalue weighted by atomic mass is 10.2. The highest BCUT2D eigenvalue weighted by atomic mass is 35.7. The molecule has 0 bridgehead atoms. The predicted molar refractivity (Wildman–Crippen MR) is 73.0 cm³/mol. The van der Waals surface area contributed by atoms with E-state index >= 15 is 0 Å². The fraction of sp³-hybridized carbons (Fsp3) is 0.417. The average Bonchev–Trinajstić information content (AvgIpc) is 2.37. The molecule has 0 fully saturated rings. The SMILES string of the molecule is COCCCCOc1ccc(S(=O)(=O)Cl)cc1C(=O)O. The van der Waals surface area contributed by atoms with Crippen LogP contribution in [0.4, 0.5) is 0 Å². The summed E-state index contributed by atoms with van der Waals surface area (Å²) in [6.07, 6.45) is 1.48. The number of aromatic carboxylic acids is 1. The van der Waals surface area contributed by atoms with Gasteiger partial charge in [-0.25, -0.2) is 13.2 Å². The van der Waals surface area contributed by atoms with Crippen molar-refractivity contribution in [2.24, 2.45) is 0 Å². The number of carbonyl (C=O) groups is 1. The van der Waals surface area contributed by atoms with Gasteiger partial charge in [0.1, 0.15) is 11.3 Å². The molecule has 0 saturated carbocycles. The first kappa shape index (κ1) is 16.7. The Morgan fingerprint density at radius 2 is 1.95 bits per heavy atom. The van der Waals surface area contributed by atoms with Crippen molar-refractivity contribution in [3.8, 4) is 5.75 Å². The molecule has 6 nitrogen and oxygen atoms in total. The number of benzene rings is 1. The predicted octanol–water partition coefficient (Wildman–Crippen LogP) is 2.12. The molecule has 0 spiro atoms. The largest absolute Gasteiger partial charge is 0.493 e. The van der Waals surface area contributed by atoms with Crippen molar-refractivity contribution in [3.05, 3.63) is 23.8 Å². The summed E-state index contributed by atoms with van der Waals surface area (Å²) in [7, 11) is 2.79. The molecule has 8 heteroatoms. The molecule has 20 heavy (non-hydrogen) atoms. The number of hydrogen-bond acceptors (Lipinski definition) is 5. The number of carboxylic acids is 1. The van der Waals surface area contributed by atoms with Crippen LogP contribution in [0.2, 0.25) is 0 Å². The minimum Gasteiger partial charge on any atom is -0.493 e. The zero-order valence-electron chi connectivity index (χ0n) is 10.8. The van der Waals surface area contributed by atoms with Gasteiger partial charge in [-0.3, -0.25) is 0 Å². The van der Waals surface area contributed by atoms with Crippen LogP contribution in [0, 0.1) is 0 Å². The summed E-state index contributed by atoms with van der Waals surface area (Å²) < 4.78 is 32.6. The molecule has 0 radical (unpaired) electrons. The lowest BCUT2D eigenvalue weighted by Gasteiger charge is -2.10. The first-order valence-electron chi connectivity index (χ1n) is 5.80. The van der Waals surface area contributed by atoms with Gasteiger partial charge < -0.3 is 14.6 Å². The van der Waals surface area contributed by atoms with Gasteiger partial charge in [0.2, 0.25) is 0 Å². The van der Waals surface area contributed by atoms with Crippen LogP contribution in [0.3, 0.4) is 0 Å². The summed E-state index contributed by atoms with van der Waals surface area (Å²) in [5, 5.41) is 9.06. The first-order chi connectivity index (χ1) is 9.36. The molecule has 1 aromatic rings. The maximum Gasteiger partial charge on any atom is 0.339 e. The minimum absolute atomic E-state index is 0.110. The van der Waals surface area contributed by atoms with E-state index in [1.54, 1.807) is 7.11 Å². The van der Waals surface area contributed by atoms with E-state index in [0.29, 0.717) is 19.6 Å². The highest BCUT2D eigenvalue weighted by molar-refractivity contribution is 8.13. The molecular weight excluding hydrogens is 308 g/mol. The summed E-state index contributed by atoms with van der Waals surface area (Å²) >= 11 is 0. The van der Waals surface area contributed by atoms with Gasteiger partial charge in [0, 0.05) is 24.4 Å². The van der Waals surface area contributed by atoms with Crippen molar-refractivity contribution >= 4 is 25.7 Å². The van der Waals surface area contributed by atoms with Crippen LogP contribution < -0.4 is 4.74 Å². The first-order valence-corrected chi connectivity index (χ1v) is 8.11. The summed E-state index contributed by atoms with van der Waals surface area (Å²) in [5.41, 5.74) is -0.238. The van der Waals surface area contributed by atoms with Gasteiger partial charge in [-0.2, -0.15) is 0 Å². The van der Waals surface area contributed by atoms with E-state index in [9.17, 15) is 13.2 Å². The van der Waals surface area contributed by atoms with Gasteiger partial charge in [-0.05, 0) is 31.0 Å². The van der Waals surface area contributed by atoms with Gasteiger partial charge in [0.05, 0.1) is 11.5 Å². The molecule has 0 aliphatic heterocycles. The quantitative estimate of drug-likeness (QED) is 0.582. The number of carboxylic acid groups (broad SMARTS) is 1. The van der Waals surface area contributed by atoms with Crippen molar-refractivity contribution in [1.29, 1.82) is 0 Å². The smallest absolute Gasteiger partial charge is 0.339 e. The molecule has 0 heterocycles. The van der Waals surface area contributed by atoms with Crippen LogP contribution in [0.1, 0.15) is 23.2 Å². The Labute approximate surface area is 121 Å². The van der Waals surface area contributed by atoms with Crippen molar-refractivity contribution in [3.63, 3.8) is 0 Å². The van der Waals surface area contributed by atoms with Crippen molar-refractivity contribution in [2.75, 3.05) is 20.3 Å². The molecule has 0 atom stereocenters. The van der Waals surface area contributed by atoms with Gasteiger partial charge >= 0.3 is 5.97 Å². The van der Waals surface area contributed by atoms with Crippen LogP contribution >= 0.6 is 10.7 Å². The number of ether oxygens (including phenoxy) is 2. The maximum absolute atomic E-state index is 11.2. The highest BCUT2D eigenvalue weighted by Gasteiger charge is 2.17. The third kappa shape index (κ3) is 4.99. The molecule has 1 N–H and O–H groups in total. The second kappa shape index (κ2) is 7.47. The fourth-order valence-electron chi connectivity index (χ4n) is 1.48.